The van der Waals surface area contributed by atoms with E-state index in [0.717, 1.165) is 6.42 Å². The van der Waals surface area contributed by atoms with Crippen LogP contribution >= 0.6 is 0 Å². The second-order valence-corrected chi connectivity index (χ2v) is 12.5. The van der Waals surface area contributed by atoms with Gasteiger partial charge >= 0.3 is 0 Å². The second-order valence-electron chi connectivity index (χ2n) is 12.5. The van der Waals surface area contributed by atoms with Gasteiger partial charge in [-0.2, -0.15) is 0 Å². The summed E-state index contributed by atoms with van der Waals surface area (Å²) in [6.07, 6.45) is 1.12. The Hall–Kier alpha value is -0.360. The minimum atomic E-state index is -0.542. The molecule has 9 heteroatoms. The Morgan fingerprint density at radius 1 is 0.366 bits per heavy atom. The van der Waals surface area contributed by atoms with Crippen LogP contribution in [0.2, 0.25) is 0 Å². The van der Waals surface area contributed by atoms with Crippen LogP contribution in [0.25, 0.3) is 0 Å². The molecule has 0 spiro atoms. The van der Waals surface area contributed by atoms with Gasteiger partial charge in [-0.15, -0.1) is 0 Å². The lowest BCUT2D eigenvalue weighted by atomic mass is 9.94. The van der Waals surface area contributed by atoms with Gasteiger partial charge in [0.15, 0.2) is 0 Å². The van der Waals surface area contributed by atoms with E-state index in [0.29, 0.717) is 49.7 Å². The first-order valence-corrected chi connectivity index (χ1v) is 15.5. The van der Waals surface area contributed by atoms with Crippen molar-refractivity contribution in [2.45, 2.75) is 128 Å². The number of hydrogen-bond acceptors (Lipinski definition) is 9. The van der Waals surface area contributed by atoms with Gasteiger partial charge < -0.3 is 46.0 Å². The van der Waals surface area contributed by atoms with Crippen molar-refractivity contribution in [2.75, 3.05) is 39.6 Å². The van der Waals surface area contributed by atoms with Crippen molar-refractivity contribution >= 4 is 0 Å². The average Bonchev–Trinajstić information content (AvgIpc) is 2.88. The minimum Gasteiger partial charge on any atom is -0.396 e. The highest BCUT2D eigenvalue weighted by Gasteiger charge is 2.10. The molecule has 0 heterocycles. The van der Waals surface area contributed by atoms with Gasteiger partial charge in [0.05, 0.1) is 24.9 Å². The van der Waals surface area contributed by atoms with Crippen molar-refractivity contribution in [1.29, 1.82) is 0 Å². The molecule has 0 saturated carbocycles. The fourth-order valence-electron chi connectivity index (χ4n) is 1.74. The van der Waals surface area contributed by atoms with Crippen LogP contribution in [0, 0.1) is 41.4 Å². The van der Waals surface area contributed by atoms with Gasteiger partial charge in [-0.05, 0) is 67.6 Å². The van der Waals surface area contributed by atoms with Gasteiger partial charge in [0.25, 0.3) is 0 Å². The van der Waals surface area contributed by atoms with E-state index in [1.807, 2.05) is 55.4 Å². The van der Waals surface area contributed by atoms with Crippen molar-refractivity contribution in [3.8, 4) is 0 Å². The highest BCUT2D eigenvalue weighted by atomic mass is 16.3. The van der Waals surface area contributed by atoms with Crippen molar-refractivity contribution in [3.05, 3.63) is 0 Å². The number of aliphatic hydroxyl groups excluding tert-OH is 9. The lowest BCUT2D eigenvalue weighted by Gasteiger charge is -2.15. The van der Waals surface area contributed by atoms with Crippen LogP contribution in [0.3, 0.4) is 0 Å². The fraction of sp³-hybridized carbons (Fsp3) is 1.00. The van der Waals surface area contributed by atoms with E-state index in [1.54, 1.807) is 6.92 Å². The van der Waals surface area contributed by atoms with E-state index in [-0.39, 0.29) is 56.4 Å². The van der Waals surface area contributed by atoms with Gasteiger partial charge in [0.1, 0.15) is 0 Å². The molecule has 0 amide bonds. The normalized spacial score (nSPS) is 13.5. The first kappa shape index (κ1) is 53.2. The van der Waals surface area contributed by atoms with E-state index in [4.69, 9.17) is 46.0 Å². The molecule has 0 radical (unpaired) electrons. The van der Waals surface area contributed by atoms with E-state index >= 15 is 0 Å². The largest absolute Gasteiger partial charge is 0.396 e. The van der Waals surface area contributed by atoms with Gasteiger partial charge in [0.2, 0.25) is 0 Å². The maximum absolute atomic E-state index is 8.97. The summed E-state index contributed by atoms with van der Waals surface area (Å²) in [5, 5.41) is 76.5. The summed E-state index contributed by atoms with van der Waals surface area (Å²) < 4.78 is 0. The van der Waals surface area contributed by atoms with Crippen LogP contribution in [0.4, 0.5) is 0 Å². The Bertz CT molecular complexity index is 423. The molecular weight excluding hydrogens is 528 g/mol. The predicted molar refractivity (Wildman–Crippen MR) is 173 cm³/mol. The molecule has 0 aromatic rings. The minimum absolute atomic E-state index is 0.0827. The maximum Gasteiger partial charge on any atom is 0.0793 e. The Morgan fingerprint density at radius 2 is 0.707 bits per heavy atom. The Morgan fingerprint density at radius 3 is 0.756 bits per heavy atom. The molecule has 258 valence electrons. The van der Waals surface area contributed by atoms with Gasteiger partial charge in [0, 0.05) is 33.0 Å². The monoisotopic (exact) mass is 605 g/mol. The van der Waals surface area contributed by atoms with Crippen molar-refractivity contribution in [3.63, 3.8) is 0 Å². The molecule has 4 atom stereocenters. The molecule has 9 nitrogen and oxygen atoms in total. The Labute approximate surface area is 254 Å². The fourth-order valence-corrected chi connectivity index (χ4v) is 1.74. The molecule has 0 bridgehead atoms. The summed E-state index contributed by atoms with van der Waals surface area (Å²) in [5.41, 5.74) is 0. The molecule has 0 aliphatic rings. The Kier molecular flexibility index (Phi) is 51.5. The number of rotatable bonds is 13. The van der Waals surface area contributed by atoms with Crippen LogP contribution in [0.5, 0.6) is 0 Å². The summed E-state index contributed by atoms with van der Waals surface area (Å²) in [5.74, 6) is 2.68. The summed E-state index contributed by atoms with van der Waals surface area (Å²) in [6, 6.07) is 0. The van der Waals surface area contributed by atoms with Crippen molar-refractivity contribution < 1.29 is 46.0 Å². The van der Waals surface area contributed by atoms with Crippen LogP contribution in [0.1, 0.15) is 109 Å². The zero-order valence-corrected chi connectivity index (χ0v) is 29.2. The van der Waals surface area contributed by atoms with E-state index in [1.165, 1.54) is 0 Å². The van der Waals surface area contributed by atoms with E-state index in [9.17, 15) is 0 Å². The third-order valence-corrected chi connectivity index (χ3v) is 5.86. The zero-order valence-electron chi connectivity index (χ0n) is 29.2. The first-order valence-electron chi connectivity index (χ1n) is 15.5. The van der Waals surface area contributed by atoms with Crippen molar-refractivity contribution in [1.82, 2.24) is 0 Å². The summed E-state index contributed by atoms with van der Waals surface area (Å²) in [7, 11) is 0. The number of hydrogen-bond donors (Lipinski definition) is 9. The molecule has 4 unspecified atom stereocenters. The summed E-state index contributed by atoms with van der Waals surface area (Å²) in [6.45, 7) is 26.6. The lowest BCUT2D eigenvalue weighted by molar-refractivity contribution is 0.0597. The highest BCUT2D eigenvalue weighted by molar-refractivity contribution is 4.60. The highest BCUT2D eigenvalue weighted by Crippen LogP contribution is 2.12. The van der Waals surface area contributed by atoms with Crippen LogP contribution in [-0.4, -0.2) is 104 Å². The number of aliphatic hydroxyl groups is 9. The average molecular weight is 605 g/mol. The Balaban J connectivity index is -0.0000000906. The van der Waals surface area contributed by atoms with Crippen LogP contribution in [0.15, 0.2) is 0 Å². The maximum atomic E-state index is 8.97. The van der Waals surface area contributed by atoms with Gasteiger partial charge in [-0.1, -0.05) is 83.1 Å². The molecule has 0 fully saturated rings. The first-order chi connectivity index (χ1) is 18.8. The lowest BCUT2D eigenvalue weighted by Crippen LogP contribution is -2.18. The molecule has 41 heavy (non-hydrogen) atoms. The predicted octanol–water partition coefficient (Wildman–Crippen LogP) is 3.70. The van der Waals surface area contributed by atoms with E-state index in [2.05, 4.69) is 27.7 Å². The SMILES string of the molecule is CC(C)C(C)O.CC(C)C(CO)CCO.CC(C)C(O)CCO.CC(C)C(O)CO.CC(C)CCO.CC(C)CO. The second kappa shape index (κ2) is 39.6. The zero-order chi connectivity index (χ0) is 34.1. The molecule has 0 aromatic heterocycles. The topological polar surface area (TPSA) is 182 Å². The van der Waals surface area contributed by atoms with Gasteiger partial charge in [-0.3, -0.25) is 0 Å². The third kappa shape index (κ3) is 59.8. The molecule has 0 saturated heterocycles. The summed E-state index contributed by atoms with van der Waals surface area (Å²) in [4.78, 5) is 0. The molecule has 0 aliphatic heterocycles. The molecule has 0 rings (SSSR count). The summed E-state index contributed by atoms with van der Waals surface area (Å²) >= 11 is 0. The van der Waals surface area contributed by atoms with E-state index < -0.39 is 6.10 Å². The molecule has 0 aliphatic carbocycles. The molecular formula is C32H76O9. The standard InChI is InChI=1S/C7H16O2.C6H14O2.C5H12O2.2C5H12O.C4H10O/c1-6(2)7(5-9)3-4-8;1-5(2)6(8)3-4-7;1-4(2)5(7)3-6;1-5(2)3-4-6;1-4(2)5(3)6;1-4(2)3-5/h6-9H,3-5H2,1-2H3;5-8H,3-4H2,1-2H3;4-7H,3H2,1-2H3;5-6H,3-4H2,1-2H3;4-6H,1-3H3;4-5H,3H2,1-2H3. The van der Waals surface area contributed by atoms with Crippen molar-refractivity contribution in [2.24, 2.45) is 41.4 Å². The molecule has 0 aromatic carbocycles. The van der Waals surface area contributed by atoms with Crippen LogP contribution < -0.4 is 0 Å². The quantitative estimate of drug-likeness (QED) is 0.151. The smallest absolute Gasteiger partial charge is 0.0793 e. The third-order valence-electron chi connectivity index (χ3n) is 5.86. The molecule has 9 N–H and O–H groups in total. The van der Waals surface area contributed by atoms with Crippen LogP contribution in [-0.2, 0) is 0 Å². The van der Waals surface area contributed by atoms with Gasteiger partial charge in [-0.25, -0.2) is 0 Å².